The van der Waals surface area contributed by atoms with Crippen LogP contribution < -0.4 is 10.6 Å². The molecule has 1 aliphatic heterocycles. The third-order valence-corrected chi connectivity index (χ3v) is 4.03. The number of hydrogen-bond acceptors (Lipinski definition) is 3. The Morgan fingerprint density at radius 1 is 1.42 bits per heavy atom. The standard InChI is InChI=1S/C15H31N3O/c1-4-6-7-10-17-15(19)13(3)18(5-2)12-14-9-8-11-16-14/h13-14,16H,4-12H2,1-3H3,(H,17,19). The molecule has 0 aromatic rings. The van der Waals surface area contributed by atoms with Gasteiger partial charge in [0.15, 0.2) is 0 Å². The van der Waals surface area contributed by atoms with Crippen LogP contribution in [0.3, 0.4) is 0 Å². The van der Waals surface area contributed by atoms with Crippen molar-refractivity contribution in [2.24, 2.45) is 0 Å². The van der Waals surface area contributed by atoms with E-state index in [0.717, 1.165) is 32.6 Å². The van der Waals surface area contributed by atoms with Gasteiger partial charge in [0, 0.05) is 19.1 Å². The monoisotopic (exact) mass is 269 g/mol. The second-order valence-electron chi connectivity index (χ2n) is 5.55. The van der Waals surface area contributed by atoms with Gasteiger partial charge in [0.1, 0.15) is 0 Å². The first-order valence-corrected chi connectivity index (χ1v) is 7.94. The number of likely N-dealkylation sites (N-methyl/N-ethyl adjacent to an activating group) is 1. The SMILES string of the molecule is CCCCCNC(=O)C(C)N(CC)CC1CCCN1. The van der Waals surface area contributed by atoms with E-state index in [-0.39, 0.29) is 11.9 Å². The molecular weight excluding hydrogens is 238 g/mol. The van der Waals surface area contributed by atoms with Crippen LogP contribution in [0.1, 0.15) is 52.9 Å². The van der Waals surface area contributed by atoms with Gasteiger partial charge in [-0.3, -0.25) is 9.69 Å². The minimum Gasteiger partial charge on any atom is -0.355 e. The Hall–Kier alpha value is -0.610. The highest BCUT2D eigenvalue weighted by Gasteiger charge is 2.24. The van der Waals surface area contributed by atoms with E-state index in [1.165, 1.54) is 25.7 Å². The number of nitrogens with one attached hydrogen (secondary N) is 2. The molecule has 2 atom stereocenters. The highest BCUT2D eigenvalue weighted by atomic mass is 16.2. The molecule has 1 rings (SSSR count). The molecule has 1 aliphatic rings. The lowest BCUT2D eigenvalue weighted by atomic mass is 10.1. The van der Waals surface area contributed by atoms with Crippen molar-refractivity contribution in [3.8, 4) is 0 Å². The van der Waals surface area contributed by atoms with Crippen molar-refractivity contribution in [1.82, 2.24) is 15.5 Å². The van der Waals surface area contributed by atoms with Gasteiger partial charge in [-0.15, -0.1) is 0 Å². The first-order valence-electron chi connectivity index (χ1n) is 7.94. The van der Waals surface area contributed by atoms with Crippen LogP contribution in [0.2, 0.25) is 0 Å². The largest absolute Gasteiger partial charge is 0.355 e. The minimum absolute atomic E-state index is 0.0194. The highest BCUT2D eigenvalue weighted by Crippen LogP contribution is 2.09. The maximum Gasteiger partial charge on any atom is 0.237 e. The molecule has 19 heavy (non-hydrogen) atoms. The molecule has 0 saturated carbocycles. The lowest BCUT2D eigenvalue weighted by Gasteiger charge is -2.29. The van der Waals surface area contributed by atoms with Crippen molar-refractivity contribution in [2.45, 2.75) is 65.0 Å². The summed E-state index contributed by atoms with van der Waals surface area (Å²) in [4.78, 5) is 14.4. The molecule has 4 nitrogen and oxygen atoms in total. The smallest absolute Gasteiger partial charge is 0.237 e. The Labute approximate surface area is 118 Å². The summed E-state index contributed by atoms with van der Waals surface area (Å²) < 4.78 is 0. The van der Waals surface area contributed by atoms with Gasteiger partial charge < -0.3 is 10.6 Å². The van der Waals surface area contributed by atoms with Crippen LogP contribution in [0.15, 0.2) is 0 Å². The number of hydrogen-bond donors (Lipinski definition) is 2. The minimum atomic E-state index is -0.0194. The molecule has 1 saturated heterocycles. The van der Waals surface area contributed by atoms with Gasteiger partial charge in [-0.25, -0.2) is 0 Å². The third kappa shape index (κ3) is 5.91. The second-order valence-corrected chi connectivity index (χ2v) is 5.55. The Kier molecular flexibility index (Phi) is 8.07. The molecule has 0 aliphatic carbocycles. The molecule has 1 heterocycles. The van der Waals surface area contributed by atoms with E-state index in [1.807, 2.05) is 6.92 Å². The fraction of sp³-hybridized carbons (Fsp3) is 0.933. The number of nitrogens with zero attached hydrogens (tertiary/aromatic N) is 1. The van der Waals surface area contributed by atoms with Crippen LogP contribution in [0, 0.1) is 0 Å². The first-order chi connectivity index (χ1) is 9.19. The molecule has 2 N–H and O–H groups in total. The van der Waals surface area contributed by atoms with E-state index < -0.39 is 0 Å². The van der Waals surface area contributed by atoms with Gasteiger partial charge >= 0.3 is 0 Å². The Bertz CT molecular complexity index is 252. The molecule has 1 fully saturated rings. The van der Waals surface area contributed by atoms with Crippen molar-refractivity contribution in [1.29, 1.82) is 0 Å². The fourth-order valence-corrected chi connectivity index (χ4v) is 2.66. The molecule has 0 radical (unpaired) electrons. The van der Waals surface area contributed by atoms with Crippen molar-refractivity contribution in [3.05, 3.63) is 0 Å². The summed E-state index contributed by atoms with van der Waals surface area (Å²) in [6.45, 7) is 10.2. The van der Waals surface area contributed by atoms with Crippen molar-refractivity contribution in [2.75, 3.05) is 26.2 Å². The lowest BCUT2D eigenvalue weighted by molar-refractivity contribution is -0.125. The van der Waals surface area contributed by atoms with Crippen LogP contribution in [-0.2, 0) is 4.79 Å². The summed E-state index contributed by atoms with van der Waals surface area (Å²) in [6, 6.07) is 0.546. The third-order valence-electron chi connectivity index (χ3n) is 4.03. The summed E-state index contributed by atoms with van der Waals surface area (Å²) in [5.41, 5.74) is 0. The van der Waals surface area contributed by atoms with Gasteiger partial charge in [0.25, 0.3) is 0 Å². The summed E-state index contributed by atoms with van der Waals surface area (Å²) in [6.07, 6.45) is 5.98. The molecule has 0 bridgehead atoms. The molecule has 112 valence electrons. The molecule has 0 spiro atoms. The van der Waals surface area contributed by atoms with Gasteiger partial charge in [-0.1, -0.05) is 26.7 Å². The van der Waals surface area contributed by atoms with E-state index in [1.54, 1.807) is 0 Å². The maximum atomic E-state index is 12.1. The molecule has 0 aromatic heterocycles. The van der Waals surface area contributed by atoms with Gasteiger partial charge in [-0.05, 0) is 39.3 Å². The average molecular weight is 269 g/mol. The Balaban J connectivity index is 2.29. The molecule has 1 amide bonds. The van der Waals surface area contributed by atoms with Gasteiger partial charge in [-0.2, -0.15) is 0 Å². The normalized spacial score (nSPS) is 20.7. The first kappa shape index (κ1) is 16.4. The average Bonchev–Trinajstić information content (AvgIpc) is 2.93. The van der Waals surface area contributed by atoms with E-state index in [9.17, 15) is 4.79 Å². The molecular formula is C15H31N3O. The Morgan fingerprint density at radius 3 is 2.79 bits per heavy atom. The lowest BCUT2D eigenvalue weighted by Crippen LogP contribution is -2.49. The van der Waals surface area contributed by atoms with Crippen molar-refractivity contribution < 1.29 is 4.79 Å². The zero-order valence-electron chi connectivity index (χ0n) is 12.9. The predicted molar refractivity (Wildman–Crippen MR) is 80.3 cm³/mol. The predicted octanol–water partition coefficient (Wildman–Crippen LogP) is 1.76. The zero-order chi connectivity index (χ0) is 14.1. The number of carbonyl (C=O) groups is 1. The van der Waals surface area contributed by atoms with Crippen molar-refractivity contribution >= 4 is 5.91 Å². The maximum absolute atomic E-state index is 12.1. The quantitative estimate of drug-likeness (QED) is 0.627. The number of unbranched alkanes of at least 4 members (excludes halogenated alkanes) is 2. The molecule has 2 unspecified atom stereocenters. The highest BCUT2D eigenvalue weighted by molar-refractivity contribution is 5.81. The summed E-state index contributed by atoms with van der Waals surface area (Å²) in [5.74, 6) is 0.177. The van der Waals surface area contributed by atoms with Crippen LogP contribution in [0.25, 0.3) is 0 Å². The number of amides is 1. The van der Waals surface area contributed by atoms with Crippen molar-refractivity contribution in [3.63, 3.8) is 0 Å². The Morgan fingerprint density at radius 2 is 2.21 bits per heavy atom. The van der Waals surface area contributed by atoms with Crippen LogP contribution in [0.5, 0.6) is 0 Å². The fourth-order valence-electron chi connectivity index (χ4n) is 2.66. The van der Waals surface area contributed by atoms with E-state index >= 15 is 0 Å². The summed E-state index contributed by atoms with van der Waals surface area (Å²) in [7, 11) is 0. The van der Waals surface area contributed by atoms with Gasteiger partial charge in [0.05, 0.1) is 6.04 Å². The molecule has 0 aromatic carbocycles. The second kappa shape index (κ2) is 9.32. The van der Waals surface area contributed by atoms with E-state index in [4.69, 9.17) is 0 Å². The number of rotatable bonds is 9. The topological polar surface area (TPSA) is 44.4 Å². The van der Waals surface area contributed by atoms with Crippen LogP contribution in [0.4, 0.5) is 0 Å². The summed E-state index contributed by atoms with van der Waals surface area (Å²) in [5, 5.41) is 6.56. The van der Waals surface area contributed by atoms with Gasteiger partial charge in [0.2, 0.25) is 5.91 Å². The number of carbonyl (C=O) groups excluding carboxylic acids is 1. The van der Waals surface area contributed by atoms with Crippen LogP contribution >= 0.6 is 0 Å². The zero-order valence-corrected chi connectivity index (χ0v) is 12.9. The summed E-state index contributed by atoms with van der Waals surface area (Å²) >= 11 is 0. The van der Waals surface area contributed by atoms with E-state index in [2.05, 4.69) is 29.4 Å². The molecule has 4 heteroatoms. The van der Waals surface area contributed by atoms with E-state index in [0.29, 0.717) is 6.04 Å². The van der Waals surface area contributed by atoms with Crippen LogP contribution in [-0.4, -0.2) is 49.1 Å².